The first kappa shape index (κ1) is 14.8. The van der Waals surface area contributed by atoms with Crippen LogP contribution in [0.25, 0.3) is 0 Å². The van der Waals surface area contributed by atoms with E-state index in [9.17, 15) is 9.18 Å². The molecule has 21 heavy (non-hydrogen) atoms. The zero-order valence-corrected chi connectivity index (χ0v) is 11.9. The smallest absolute Gasteiger partial charge is 0.258 e. The number of carbonyl (C=O) groups excluding carboxylic acids is 1. The van der Waals surface area contributed by atoms with Crippen molar-refractivity contribution in [3.8, 4) is 5.75 Å². The van der Waals surface area contributed by atoms with Gasteiger partial charge in [0.15, 0.2) is 0 Å². The van der Waals surface area contributed by atoms with Gasteiger partial charge < -0.3 is 15.8 Å². The molecule has 0 aliphatic carbocycles. The lowest BCUT2D eigenvalue weighted by atomic mass is 10.1. The van der Waals surface area contributed by atoms with Gasteiger partial charge in [-0.2, -0.15) is 0 Å². The first-order chi connectivity index (χ1) is 10.0. The Kier molecular flexibility index (Phi) is 4.42. The summed E-state index contributed by atoms with van der Waals surface area (Å²) in [5.74, 6) is -0.633. The number of nitrogen functional groups attached to an aromatic ring is 1. The second-order valence-corrected chi connectivity index (χ2v) is 4.63. The Labute approximate surface area is 122 Å². The molecule has 4 nitrogen and oxygen atoms in total. The predicted octanol–water partition coefficient (Wildman–Crippen LogP) is 3.37. The molecule has 0 aromatic heterocycles. The Morgan fingerprint density at radius 3 is 2.76 bits per heavy atom. The molecule has 0 saturated carbocycles. The standard InChI is InChI=1S/C16H17FN2O2/c1-3-21-15-8-10(2)4-7-14(15)19-16(20)12-9-11(18)5-6-13(12)17/h4-9H,3,18H2,1-2H3,(H,19,20). The van der Waals surface area contributed by atoms with Crippen LogP contribution in [0.15, 0.2) is 36.4 Å². The molecule has 0 radical (unpaired) electrons. The number of hydrogen-bond acceptors (Lipinski definition) is 3. The topological polar surface area (TPSA) is 64.3 Å². The Morgan fingerprint density at radius 1 is 1.29 bits per heavy atom. The molecule has 0 unspecified atom stereocenters. The van der Waals surface area contributed by atoms with E-state index in [0.29, 0.717) is 23.7 Å². The van der Waals surface area contributed by atoms with Gasteiger partial charge in [-0.05, 0) is 49.7 Å². The summed E-state index contributed by atoms with van der Waals surface area (Å²) in [6.07, 6.45) is 0. The van der Waals surface area contributed by atoms with E-state index in [-0.39, 0.29) is 5.56 Å². The van der Waals surface area contributed by atoms with Gasteiger partial charge in [0.2, 0.25) is 0 Å². The minimum Gasteiger partial charge on any atom is -0.492 e. The summed E-state index contributed by atoms with van der Waals surface area (Å²) in [5.41, 5.74) is 7.32. The van der Waals surface area contributed by atoms with E-state index in [4.69, 9.17) is 10.5 Å². The van der Waals surface area contributed by atoms with Crippen molar-refractivity contribution in [3.05, 3.63) is 53.3 Å². The second-order valence-electron chi connectivity index (χ2n) is 4.63. The Bertz CT molecular complexity index is 671. The van der Waals surface area contributed by atoms with Gasteiger partial charge in [0.05, 0.1) is 17.9 Å². The summed E-state index contributed by atoms with van der Waals surface area (Å²) in [6, 6.07) is 9.26. The van der Waals surface area contributed by atoms with E-state index in [1.165, 1.54) is 18.2 Å². The molecule has 0 bridgehead atoms. The summed E-state index contributed by atoms with van der Waals surface area (Å²) < 4.78 is 19.2. The number of hydrogen-bond donors (Lipinski definition) is 2. The molecule has 0 atom stereocenters. The molecule has 2 rings (SSSR count). The minimum atomic E-state index is -0.619. The Balaban J connectivity index is 2.29. The van der Waals surface area contributed by atoms with Crippen LogP contribution in [0.1, 0.15) is 22.8 Å². The fourth-order valence-electron chi connectivity index (χ4n) is 1.91. The van der Waals surface area contributed by atoms with E-state index in [1.807, 2.05) is 26.0 Å². The second kappa shape index (κ2) is 6.26. The first-order valence-corrected chi connectivity index (χ1v) is 6.61. The lowest BCUT2D eigenvalue weighted by Gasteiger charge is -2.13. The van der Waals surface area contributed by atoms with Crippen molar-refractivity contribution in [2.75, 3.05) is 17.7 Å². The molecule has 110 valence electrons. The van der Waals surface area contributed by atoms with Gasteiger partial charge in [0.25, 0.3) is 5.91 Å². The zero-order chi connectivity index (χ0) is 15.4. The van der Waals surface area contributed by atoms with Crippen molar-refractivity contribution < 1.29 is 13.9 Å². The SMILES string of the molecule is CCOc1cc(C)ccc1NC(=O)c1cc(N)ccc1F. The van der Waals surface area contributed by atoms with Crippen LogP contribution in [0, 0.1) is 12.7 Å². The summed E-state index contributed by atoms with van der Waals surface area (Å²) in [7, 11) is 0. The maximum Gasteiger partial charge on any atom is 0.258 e. The molecule has 0 spiro atoms. The summed E-state index contributed by atoms with van der Waals surface area (Å²) >= 11 is 0. The predicted molar refractivity (Wildman–Crippen MR) is 81.1 cm³/mol. The number of ether oxygens (including phenoxy) is 1. The maximum atomic E-state index is 13.7. The third kappa shape index (κ3) is 3.51. The van der Waals surface area contributed by atoms with Crippen LogP contribution in [-0.2, 0) is 0 Å². The van der Waals surface area contributed by atoms with E-state index < -0.39 is 11.7 Å². The molecule has 0 aliphatic heterocycles. The highest BCUT2D eigenvalue weighted by Crippen LogP contribution is 2.26. The van der Waals surface area contributed by atoms with Crippen molar-refractivity contribution in [1.82, 2.24) is 0 Å². The molecule has 3 N–H and O–H groups in total. The van der Waals surface area contributed by atoms with E-state index in [0.717, 1.165) is 5.56 Å². The third-order valence-electron chi connectivity index (χ3n) is 2.92. The van der Waals surface area contributed by atoms with Crippen LogP contribution in [0.5, 0.6) is 5.75 Å². The Morgan fingerprint density at radius 2 is 2.05 bits per heavy atom. The highest BCUT2D eigenvalue weighted by atomic mass is 19.1. The van der Waals surface area contributed by atoms with Crippen molar-refractivity contribution in [1.29, 1.82) is 0 Å². The van der Waals surface area contributed by atoms with Crippen LogP contribution in [0.3, 0.4) is 0 Å². The fraction of sp³-hybridized carbons (Fsp3) is 0.188. The molecule has 2 aromatic rings. The monoisotopic (exact) mass is 288 g/mol. The van der Waals surface area contributed by atoms with Gasteiger partial charge >= 0.3 is 0 Å². The van der Waals surface area contributed by atoms with Crippen molar-refractivity contribution in [2.24, 2.45) is 0 Å². The molecule has 2 aromatic carbocycles. The molecular weight excluding hydrogens is 271 g/mol. The number of halogens is 1. The number of nitrogens with two attached hydrogens (primary N) is 1. The highest BCUT2D eigenvalue weighted by molar-refractivity contribution is 6.05. The summed E-state index contributed by atoms with van der Waals surface area (Å²) in [5, 5.41) is 2.65. The number of aryl methyl sites for hydroxylation is 1. The van der Waals surface area contributed by atoms with Crippen LogP contribution in [0.2, 0.25) is 0 Å². The van der Waals surface area contributed by atoms with Crippen LogP contribution >= 0.6 is 0 Å². The zero-order valence-electron chi connectivity index (χ0n) is 11.9. The maximum absolute atomic E-state index is 13.7. The highest BCUT2D eigenvalue weighted by Gasteiger charge is 2.14. The normalized spacial score (nSPS) is 10.2. The van der Waals surface area contributed by atoms with Gasteiger partial charge in [0.1, 0.15) is 11.6 Å². The number of anilines is 2. The number of benzene rings is 2. The third-order valence-corrected chi connectivity index (χ3v) is 2.92. The molecule has 1 amide bonds. The van der Waals surface area contributed by atoms with E-state index >= 15 is 0 Å². The molecule has 5 heteroatoms. The molecular formula is C16H17FN2O2. The number of rotatable bonds is 4. The van der Waals surface area contributed by atoms with Crippen LogP contribution in [0.4, 0.5) is 15.8 Å². The van der Waals surface area contributed by atoms with Gasteiger partial charge in [-0.3, -0.25) is 4.79 Å². The average Bonchev–Trinajstić information content (AvgIpc) is 2.44. The van der Waals surface area contributed by atoms with Crippen LogP contribution in [-0.4, -0.2) is 12.5 Å². The minimum absolute atomic E-state index is 0.0991. The van der Waals surface area contributed by atoms with Gasteiger partial charge in [-0.15, -0.1) is 0 Å². The van der Waals surface area contributed by atoms with Gasteiger partial charge in [-0.25, -0.2) is 4.39 Å². The van der Waals surface area contributed by atoms with Crippen molar-refractivity contribution in [3.63, 3.8) is 0 Å². The number of amides is 1. The Hall–Kier alpha value is -2.56. The van der Waals surface area contributed by atoms with Crippen molar-refractivity contribution in [2.45, 2.75) is 13.8 Å². The lowest BCUT2D eigenvalue weighted by Crippen LogP contribution is -2.15. The van der Waals surface area contributed by atoms with Crippen molar-refractivity contribution >= 4 is 17.3 Å². The lowest BCUT2D eigenvalue weighted by molar-refractivity contribution is 0.102. The average molecular weight is 288 g/mol. The first-order valence-electron chi connectivity index (χ1n) is 6.61. The quantitative estimate of drug-likeness (QED) is 0.848. The summed E-state index contributed by atoms with van der Waals surface area (Å²) in [4.78, 5) is 12.2. The molecule has 0 saturated heterocycles. The largest absolute Gasteiger partial charge is 0.492 e. The molecule has 0 heterocycles. The number of carbonyl (C=O) groups is 1. The van der Waals surface area contributed by atoms with E-state index in [1.54, 1.807) is 6.07 Å². The fourth-order valence-corrected chi connectivity index (χ4v) is 1.91. The number of nitrogens with one attached hydrogen (secondary N) is 1. The molecule has 0 fully saturated rings. The van der Waals surface area contributed by atoms with Gasteiger partial charge in [-0.1, -0.05) is 6.07 Å². The van der Waals surface area contributed by atoms with Gasteiger partial charge in [0, 0.05) is 5.69 Å². The summed E-state index contributed by atoms with van der Waals surface area (Å²) in [6.45, 7) is 4.25. The van der Waals surface area contributed by atoms with Crippen LogP contribution < -0.4 is 15.8 Å². The molecule has 0 aliphatic rings. The van der Waals surface area contributed by atoms with E-state index in [2.05, 4.69) is 5.32 Å².